The van der Waals surface area contributed by atoms with Gasteiger partial charge in [0.25, 0.3) is 0 Å². The van der Waals surface area contributed by atoms with E-state index in [4.69, 9.17) is 11.6 Å². The van der Waals surface area contributed by atoms with Crippen molar-refractivity contribution in [2.45, 2.75) is 37.8 Å². The molecule has 0 unspecified atom stereocenters. The quantitative estimate of drug-likeness (QED) is 0.675. The van der Waals surface area contributed by atoms with Crippen LogP contribution in [-0.4, -0.2) is 30.7 Å². The van der Waals surface area contributed by atoms with Gasteiger partial charge in [-0.1, -0.05) is 11.6 Å². The van der Waals surface area contributed by atoms with Gasteiger partial charge in [0.15, 0.2) is 0 Å². The Kier molecular flexibility index (Phi) is 3.16. The molecule has 6 nitrogen and oxygen atoms in total. The second kappa shape index (κ2) is 5.07. The molecule has 2 N–H and O–H groups in total. The molecule has 114 valence electrons. The molecule has 1 aliphatic carbocycles. The lowest BCUT2D eigenvalue weighted by atomic mass is 9.93. The van der Waals surface area contributed by atoms with Gasteiger partial charge in [0.1, 0.15) is 10.7 Å². The number of aliphatic hydroxyl groups is 1. The number of H-pyrrole nitrogens is 1. The Morgan fingerprint density at radius 1 is 1.27 bits per heavy atom. The minimum atomic E-state index is -0.261. The number of aromatic amines is 1. The zero-order chi connectivity index (χ0) is 15.3. The lowest BCUT2D eigenvalue weighted by Crippen LogP contribution is -2.27. The van der Waals surface area contributed by atoms with Gasteiger partial charge in [-0.2, -0.15) is 0 Å². The third-order valence-electron chi connectivity index (χ3n) is 4.38. The predicted molar refractivity (Wildman–Crippen MR) is 84.2 cm³/mol. The Bertz CT molecular complexity index is 909. The van der Waals surface area contributed by atoms with Crippen molar-refractivity contribution >= 4 is 33.7 Å². The summed E-state index contributed by atoms with van der Waals surface area (Å²) >= 11 is 6.01. The zero-order valence-corrected chi connectivity index (χ0v) is 12.5. The fraction of sp³-hybridized carbons (Fsp3) is 0.400. The van der Waals surface area contributed by atoms with E-state index in [1.54, 1.807) is 22.9 Å². The molecule has 0 amide bonds. The number of nitrogens with one attached hydrogen (secondary N) is 1. The standard InChI is InChI=1S/C15H15ClN4O2/c16-12-6-5-10-13(19-12)14-11(7-17-10)18-15(22)20(14)8-1-3-9(21)4-2-8/h5-9,21H,1-4H2,(H,18,22). The van der Waals surface area contributed by atoms with Crippen LogP contribution in [0.4, 0.5) is 0 Å². The third kappa shape index (κ3) is 2.10. The molecule has 0 atom stereocenters. The number of hydrogen-bond acceptors (Lipinski definition) is 4. The number of hydrogen-bond donors (Lipinski definition) is 2. The Balaban J connectivity index is 1.99. The molecule has 0 radical (unpaired) electrons. The molecule has 0 saturated heterocycles. The van der Waals surface area contributed by atoms with E-state index in [1.165, 1.54) is 0 Å². The van der Waals surface area contributed by atoms with Crippen LogP contribution in [0.2, 0.25) is 5.15 Å². The first-order valence-electron chi connectivity index (χ1n) is 7.37. The molecule has 7 heteroatoms. The molecule has 0 aromatic carbocycles. The van der Waals surface area contributed by atoms with Crippen LogP contribution in [0.5, 0.6) is 0 Å². The minimum absolute atomic E-state index is 0.0658. The first kappa shape index (κ1) is 13.7. The van der Waals surface area contributed by atoms with Crippen molar-refractivity contribution in [3.63, 3.8) is 0 Å². The molecule has 1 saturated carbocycles. The van der Waals surface area contributed by atoms with Crippen molar-refractivity contribution in [2.24, 2.45) is 0 Å². The van der Waals surface area contributed by atoms with E-state index in [9.17, 15) is 9.90 Å². The highest BCUT2D eigenvalue weighted by atomic mass is 35.5. The highest BCUT2D eigenvalue weighted by Crippen LogP contribution is 2.31. The van der Waals surface area contributed by atoms with E-state index >= 15 is 0 Å². The fourth-order valence-corrected chi connectivity index (χ4v) is 3.45. The smallest absolute Gasteiger partial charge is 0.326 e. The lowest BCUT2D eigenvalue weighted by Gasteiger charge is -2.26. The van der Waals surface area contributed by atoms with Crippen LogP contribution < -0.4 is 5.69 Å². The van der Waals surface area contributed by atoms with E-state index in [0.717, 1.165) is 18.4 Å². The summed E-state index contributed by atoms with van der Waals surface area (Å²) in [7, 11) is 0. The molecule has 0 spiro atoms. The van der Waals surface area contributed by atoms with E-state index in [0.29, 0.717) is 34.5 Å². The van der Waals surface area contributed by atoms with Crippen molar-refractivity contribution in [1.82, 2.24) is 19.5 Å². The van der Waals surface area contributed by atoms with Crippen molar-refractivity contribution in [2.75, 3.05) is 0 Å². The molecule has 3 heterocycles. The second-order valence-electron chi connectivity index (χ2n) is 5.78. The van der Waals surface area contributed by atoms with Crippen molar-refractivity contribution in [3.8, 4) is 0 Å². The van der Waals surface area contributed by atoms with Crippen LogP contribution >= 0.6 is 11.6 Å². The van der Waals surface area contributed by atoms with E-state index < -0.39 is 0 Å². The van der Waals surface area contributed by atoms with Crippen LogP contribution in [0.15, 0.2) is 23.1 Å². The number of aromatic nitrogens is 4. The van der Waals surface area contributed by atoms with Crippen molar-refractivity contribution in [3.05, 3.63) is 34.0 Å². The van der Waals surface area contributed by atoms with Gasteiger partial charge >= 0.3 is 5.69 Å². The average molecular weight is 319 g/mol. The maximum atomic E-state index is 12.4. The number of rotatable bonds is 1. The lowest BCUT2D eigenvalue weighted by molar-refractivity contribution is 0.111. The van der Waals surface area contributed by atoms with Crippen LogP contribution in [0, 0.1) is 0 Å². The molecular weight excluding hydrogens is 304 g/mol. The summed E-state index contributed by atoms with van der Waals surface area (Å²) in [6, 6.07) is 3.56. The van der Waals surface area contributed by atoms with Gasteiger partial charge in [-0.25, -0.2) is 9.78 Å². The van der Waals surface area contributed by atoms with Gasteiger partial charge in [0.2, 0.25) is 0 Å². The Hall–Kier alpha value is -1.92. The number of fused-ring (bicyclic) bond motifs is 3. The summed E-state index contributed by atoms with van der Waals surface area (Å²) < 4.78 is 1.76. The first-order chi connectivity index (χ1) is 10.6. The first-order valence-corrected chi connectivity index (χ1v) is 7.75. The van der Waals surface area contributed by atoms with Crippen LogP contribution in [0.25, 0.3) is 22.1 Å². The topological polar surface area (TPSA) is 83.8 Å². The number of imidazole rings is 1. The van der Waals surface area contributed by atoms with Crippen LogP contribution in [0.1, 0.15) is 31.7 Å². The summed E-state index contributed by atoms with van der Waals surface area (Å²) in [4.78, 5) is 23.9. The SMILES string of the molecule is O=c1[nH]c2cnc3ccc(Cl)nc3c2n1C1CCC(O)CC1. The van der Waals surface area contributed by atoms with Crippen LogP contribution in [-0.2, 0) is 0 Å². The molecule has 1 fully saturated rings. The monoisotopic (exact) mass is 318 g/mol. The Morgan fingerprint density at radius 3 is 2.82 bits per heavy atom. The largest absolute Gasteiger partial charge is 0.393 e. The van der Waals surface area contributed by atoms with Gasteiger partial charge in [0.05, 0.1) is 28.9 Å². The number of nitrogens with zero attached hydrogens (tertiary/aromatic N) is 3. The van der Waals surface area contributed by atoms with Gasteiger partial charge < -0.3 is 10.1 Å². The van der Waals surface area contributed by atoms with E-state index in [2.05, 4.69) is 15.0 Å². The molecule has 22 heavy (non-hydrogen) atoms. The number of pyridine rings is 2. The van der Waals surface area contributed by atoms with Gasteiger partial charge in [0, 0.05) is 6.04 Å². The number of halogens is 1. The molecule has 4 rings (SSSR count). The van der Waals surface area contributed by atoms with E-state index in [1.807, 2.05) is 0 Å². The molecule has 0 aliphatic heterocycles. The molecule has 3 aromatic rings. The highest BCUT2D eigenvalue weighted by Gasteiger charge is 2.25. The Morgan fingerprint density at radius 2 is 2.05 bits per heavy atom. The van der Waals surface area contributed by atoms with Gasteiger partial charge in [-0.05, 0) is 37.8 Å². The maximum absolute atomic E-state index is 12.4. The fourth-order valence-electron chi connectivity index (χ4n) is 3.31. The van der Waals surface area contributed by atoms with Crippen LogP contribution in [0.3, 0.4) is 0 Å². The maximum Gasteiger partial charge on any atom is 0.326 e. The zero-order valence-electron chi connectivity index (χ0n) is 11.8. The number of aliphatic hydroxyl groups excluding tert-OH is 1. The van der Waals surface area contributed by atoms with Crippen molar-refractivity contribution in [1.29, 1.82) is 0 Å². The normalized spacial score (nSPS) is 22.5. The van der Waals surface area contributed by atoms with E-state index in [-0.39, 0.29) is 17.8 Å². The predicted octanol–water partition coefficient (Wildman–Crippen LogP) is 2.40. The molecular formula is C15H15ClN4O2. The Labute approximate surface area is 130 Å². The highest BCUT2D eigenvalue weighted by molar-refractivity contribution is 6.30. The summed E-state index contributed by atoms with van der Waals surface area (Å²) in [5, 5.41) is 10.1. The van der Waals surface area contributed by atoms with Crippen molar-refractivity contribution < 1.29 is 5.11 Å². The molecule has 3 aromatic heterocycles. The second-order valence-corrected chi connectivity index (χ2v) is 6.17. The molecule has 0 bridgehead atoms. The summed E-state index contributed by atoms with van der Waals surface area (Å²) in [5.74, 6) is 0. The van der Waals surface area contributed by atoms with Gasteiger partial charge in [-0.15, -0.1) is 0 Å². The van der Waals surface area contributed by atoms with Gasteiger partial charge in [-0.3, -0.25) is 9.55 Å². The third-order valence-corrected chi connectivity index (χ3v) is 4.60. The average Bonchev–Trinajstić information content (AvgIpc) is 2.84. The summed E-state index contributed by atoms with van der Waals surface area (Å²) in [6.45, 7) is 0. The molecule has 1 aliphatic rings. The minimum Gasteiger partial charge on any atom is -0.393 e. The summed E-state index contributed by atoms with van der Waals surface area (Å²) in [6.07, 6.45) is 4.37. The summed E-state index contributed by atoms with van der Waals surface area (Å²) in [5.41, 5.74) is 2.60.